The van der Waals surface area contributed by atoms with Crippen molar-refractivity contribution in [2.75, 3.05) is 18.1 Å². The topological polar surface area (TPSA) is 96.1 Å². The molecule has 0 amide bonds. The van der Waals surface area contributed by atoms with E-state index >= 15 is 0 Å². The summed E-state index contributed by atoms with van der Waals surface area (Å²) in [5, 5.41) is 17.5. The van der Waals surface area contributed by atoms with Crippen LogP contribution in [0, 0.1) is 5.41 Å². The average molecular weight is 339 g/mol. The van der Waals surface area contributed by atoms with Crippen LogP contribution in [0.2, 0.25) is 0 Å². The molecule has 1 saturated heterocycles. The van der Waals surface area contributed by atoms with Crippen molar-refractivity contribution in [3.63, 3.8) is 0 Å². The van der Waals surface area contributed by atoms with E-state index in [-0.39, 0.29) is 12.5 Å². The molecule has 1 unspecified atom stereocenters. The minimum absolute atomic E-state index is 0.0560. The maximum atomic E-state index is 9.00. The summed E-state index contributed by atoms with van der Waals surface area (Å²) in [5.41, 5.74) is 17.1. The molecule has 1 aliphatic heterocycles. The van der Waals surface area contributed by atoms with E-state index in [9.17, 15) is 0 Å². The summed E-state index contributed by atoms with van der Waals surface area (Å²) in [4.78, 5) is 0.851. The highest BCUT2D eigenvalue weighted by Crippen LogP contribution is 2.40. The highest BCUT2D eigenvalue weighted by molar-refractivity contribution is 8.04. The van der Waals surface area contributed by atoms with Crippen molar-refractivity contribution in [3.05, 3.63) is 70.1 Å². The van der Waals surface area contributed by atoms with Crippen LogP contribution in [0.15, 0.2) is 53.4 Å². The summed E-state index contributed by atoms with van der Waals surface area (Å²) in [6.07, 6.45) is 0.659. The highest BCUT2D eigenvalue weighted by Gasteiger charge is 2.30. The normalized spacial score (nSPS) is 19.5. The summed E-state index contributed by atoms with van der Waals surface area (Å²) in [6, 6.07) is 15.6. The number of nitrogens with two attached hydrogens (primary N) is 2. The Hall–Kier alpha value is -2.24. The van der Waals surface area contributed by atoms with Crippen molar-refractivity contribution in [1.82, 2.24) is 0 Å². The van der Waals surface area contributed by atoms with Gasteiger partial charge in [0.1, 0.15) is 0 Å². The minimum atomic E-state index is 0.0560. The fourth-order valence-corrected chi connectivity index (χ4v) is 4.07. The SMILES string of the molecule is N=C1/C(=C(\N)c2ccc(N)cc2)SCC1c1ccc(CCO)cc1. The third kappa shape index (κ3) is 3.32. The third-order valence-corrected chi connectivity index (χ3v) is 5.46. The van der Waals surface area contributed by atoms with E-state index in [0.29, 0.717) is 23.5 Å². The number of nitrogens with one attached hydrogen (secondary N) is 1. The van der Waals surface area contributed by atoms with Crippen molar-refractivity contribution in [2.24, 2.45) is 5.73 Å². The quantitative estimate of drug-likeness (QED) is 0.644. The second-order valence-electron chi connectivity index (χ2n) is 5.86. The fourth-order valence-electron chi connectivity index (χ4n) is 2.81. The van der Waals surface area contributed by atoms with E-state index in [4.69, 9.17) is 22.0 Å². The molecular weight excluding hydrogens is 318 g/mol. The van der Waals surface area contributed by atoms with Crippen LogP contribution < -0.4 is 11.5 Å². The number of hydrogen-bond donors (Lipinski definition) is 4. The van der Waals surface area contributed by atoms with Crippen molar-refractivity contribution in [3.8, 4) is 0 Å². The van der Waals surface area contributed by atoms with E-state index in [2.05, 4.69) is 0 Å². The Kier molecular flexibility index (Phi) is 4.92. The molecule has 0 saturated carbocycles. The predicted molar refractivity (Wildman–Crippen MR) is 102 cm³/mol. The van der Waals surface area contributed by atoms with Crippen LogP contribution >= 0.6 is 11.8 Å². The molecule has 4 nitrogen and oxygen atoms in total. The molecule has 24 heavy (non-hydrogen) atoms. The Morgan fingerprint density at radius 2 is 1.79 bits per heavy atom. The smallest absolute Gasteiger partial charge is 0.0553 e. The van der Waals surface area contributed by atoms with Crippen LogP contribution in [0.25, 0.3) is 5.70 Å². The molecule has 2 aromatic rings. The number of aliphatic hydroxyl groups is 1. The maximum Gasteiger partial charge on any atom is 0.0553 e. The summed E-state index contributed by atoms with van der Waals surface area (Å²) < 4.78 is 0. The van der Waals surface area contributed by atoms with E-state index in [1.54, 1.807) is 11.8 Å². The molecule has 0 radical (unpaired) electrons. The second-order valence-corrected chi connectivity index (χ2v) is 6.89. The lowest BCUT2D eigenvalue weighted by molar-refractivity contribution is 0.299. The van der Waals surface area contributed by atoms with Gasteiger partial charge < -0.3 is 22.0 Å². The minimum Gasteiger partial charge on any atom is -0.399 e. The van der Waals surface area contributed by atoms with Crippen LogP contribution in [-0.2, 0) is 6.42 Å². The molecular formula is C19H21N3OS. The van der Waals surface area contributed by atoms with Gasteiger partial charge in [-0.15, -0.1) is 11.8 Å². The number of rotatable bonds is 4. The lowest BCUT2D eigenvalue weighted by atomic mass is 9.93. The van der Waals surface area contributed by atoms with Gasteiger partial charge in [0.15, 0.2) is 0 Å². The number of aliphatic hydroxyl groups excluding tert-OH is 1. The summed E-state index contributed by atoms with van der Waals surface area (Å²) in [5.74, 6) is 0.879. The van der Waals surface area contributed by atoms with Crippen LogP contribution in [-0.4, -0.2) is 23.2 Å². The first kappa shape index (κ1) is 16.6. The number of allylic oxidation sites excluding steroid dienone is 1. The first-order valence-corrected chi connectivity index (χ1v) is 8.85. The highest BCUT2D eigenvalue weighted by atomic mass is 32.2. The molecule has 3 rings (SSSR count). The molecule has 124 valence electrons. The molecule has 1 atom stereocenters. The molecule has 1 aliphatic rings. The molecule has 0 aliphatic carbocycles. The molecule has 1 fully saturated rings. The molecule has 2 aromatic carbocycles. The van der Waals surface area contributed by atoms with Crippen LogP contribution in [0.4, 0.5) is 5.69 Å². The van der Waals surface area contributed by atoms with Crippen molar-refractivity contribution >= 4 is 28.9 Å². The van der Waals surface area contributed by atoms with Gasteiger partial charge in [-0.25, -0.2) is 0 Å². The lowest BCUT2D eigenvalue weighted by Crippen LogP contribution is -2.10. The van der Waals surface area contributed by atoms with Gasteiger partial charge in [0.2, 0.25) is 0 Å². The Labute approximate surface area is 146 Å². The molecule has 5 heteroatoms. The van der Waals surface area contributed by atoms with Gasteiger partial charge in [-0.05, 0) is 35.2 Å². The Morgan fingerprint density at radius 3 is 2.42 bits per heavy atom. The number of anilines is 1. The van der Waals surface area contributed by atoms with Gasteiger partial charge in [0, 0.05) is 24.0 Å². The Balaban J connectivity index is 1.83. The van der Waals surface area contributed by atoms with Crippen LogP contribution in [0.3, 0.4) is 0 Å². The number of benzene rings is 2. The first-order chi connectivity index (χ1) is 11.6. The van der Waals surface area contributed by atoms with Crippen LogP contribution in [0.5, 0.6) is 0 Å². The van der Waals surface area contributed by atoms with Gasteiger partial charge >= 0.3 is 0 Å². The Bertz CT molecular complexity index is 766. The number of thioether (sulfide) groups is 1. The Morgan fingerprint density at radius 1 is 1.12 bits per heavy atom. The monoisotopic (exact) mass is 339 g/mol. The van der Waals surface area contributed by atoms with Crippen LogP contribution in [0.1, 0.15) is 22.6 Å². The zero-order valence-electron chi connectivity index (χ0n) is 13.3. The number of nitrogen functional groups attached to an aromatic ring is 1. The average Bonchev–Trinajstić information content (AvgIpc) is 2.97. The van der Waals surface area contributed by atoms with Gasteiger partial charge in [-0.2, -0.15) is 0 Å². The van der Waals surface area contributed by atoms with Crippen molar-refractivity contribution in [1.29, 1.82) is 5.41 Å². The van der Waals surface area contributed by atoms with Gasteiger partial charge in [0.05, 0.1) is 16.3 Å². The largest absolute Gasteiger partial charge is 0.399 e. The van der Waals surface area contributed by atoms with Gasteiger partial charge in [-0.3, -0.25) is 0 Å². The van der Waals surface area contributed by atoms with E-state index < -0.39 is 0 Å². The van der Waals surface area contributed by atoms with E-state index in [0.717, 1.165) is 27.3 Å². The molecule has 6 N–H and O–H groups in total. The lowest BCUT2D eigenvalue weighted by Gasteiger charge is -2.11. The standard InChI is InChI=1S/C19H21N3OS/c20-15-7-5-14(6-8-15)17(21)19-18(22)16(11-24-19)13-3-1-12(2-4-13)9-10-23/h1-8,16,22-23H,9-11,20-21H2/b19-17+,22-18?. The predicted octanol–water partition coefficient (Wildman–Crippen LogP) is 2.98. The van der Waals surface area contributed by atoms with Crippen molar-refractivity contribution < 1.29 is 5.11 Å². The summed E-state index contributed by atoms with van der Waals surface area (Å²) in [7, 11) is 0. The first-order valence-electron chi connectivity index (χ1n) is 7.87. The number of hydrogen-bond acceptors (Lipinski definition) is 5. The van der Waals surface area contributed by atoms with E-state index in [1.807, 2.05) is 48.5 Å². The summed E-state index contributed by atoms with van der Waals surface area (Å²) >= 11 is 1.63. The molecule has 0 spiro atoms. The van der Waals surface area contributed by atoms with Crippen molar-refractivity contribution in [2.45, 2.75) is 12.3 Å². The molecule has 1 heterocycles. The maximum absolute atomic E-state index is 9.00. The second kappa shape index (κ2) is 7.11. The zero-order valence-corrected chi connectivity index (χ0v) is 14.1. The van der Waals surface area contributed by atoms with Gasteiger partial charge in [0.25, 0.3) is 0 Å². The van der Waals surface area contributed by atoms with Gasteiger partial charge in [-0.1, -0.05) is 36.4 Å². The molecule has 0 bridgehead atoms. The third-order valence-electron chi connectivity index (χ3n) is 4.24. The fraction of sp³-hybridized carbons (Fsp3) is 0.211. The van der Waals surface area contributed by atoms with E-state index in [1.165, 1.54) is 0 Å². The summed E-state index contributed by atoms with van der Waals surface area (Å²) in [6.45, 7) is 0.152. The zero-order chi connectivity index (χ0) is 17.1. The molecule has 0 aromatic heterocycles.